The third-order valence-corrected chi connectivity index (χ3v) is 6.87. The normalized spacial score (nSPS) is 15.1. The molecule has 2 amide bonds. The highest BCUT2D eigenvalue weighted by molar-refractivity contribution is 5.84. The molecule has 1 fully saturated rings. The standard InChI is InChI=1S/C28H34N2O5/c31-25(30-26(27(32)33)19-15-16-19)14-4-2-1-3-9-17-29-28(34)35-18-24-22-12-7-5-10-20(22)21-11-6-8-13-23(21)24/h5-8,10-13,19,24,26H,1-4,9,14-18H2,(H,29,34)(H,30,31)(H,32,33). The van der Waals surface area contributed by atoms with Crippen LogP contribution in [0.2, 0.25) is 0 Å². The van der Waals surface area contributed by atoms with Gasteiger partial charge in [-0.2, -0.15) is 0 Å². The third kappa shape index (κ3) is 6.62. The van der Waals surface area contributed by atoms with E-state index in [9.17, 15) is 19.5 Å². The van der Waals surface area contributed by atoms with Gasteiger partial charge < -0.3 is 20.5 Å². The number of carbonyl (C=O) groups is 3. The van der Waals surface area contributed by atoms with Gasteiger partial charge in [-0.3, -0.25) is 4.79 Å². The second-order valence-electron chi connectivity index (χ2n) is 9.49. The van der Waals surface area contributed by atoms with E-state index >= 15 is 0 Å². The number of hydrogen-bond acceptors (Lipinski definition) is 4. The summed E-state index contributed by atoms with van der Waals surface area (Å²) in [5.41, 5.74) is 4.81. The Hall–Kier alpha value is -3.35. The number of aliphatic carboxylic acids is 1. The smallest absolute Gasteiger partial charge is 0.407 e. The zero-order valence-electron chi connectivity index (χ0n) is 20.0. The number of fused-ring (bicyclic) bond motifs is 3. The maximum Gasteiger partial charge on any atom is 0.407 e. The molecule has 1 atom stereocenters. The van der Waals surface area contributed by atoms with E-state index in [-0.39, 0.29) is 17.7 Å². The van der Waals surface area contributed by atoms with Crippen LogP contribution >= 0.6 is 0 Å². The lowest BCUT2D eigenvalue weighted by Gasteiger charge is -2.14. The molecule has 0 saturated heterocycles. The summed E-state index contributed by atoms with van der Waals surface area (Å²) in [6.45, 7) is 0.865. The van der Waals surface area contributed by atoms with Crippen molar-refractivity contribution < 1.29 is 24.2 Å². The van der Waals surface area contributed by atoms with E-state index in [1.165, 1.54) is 22.3 Å². The summed E-state index contributed by atoms with van der Waals surface area (Å²) in [5, 5.41) is 14.7. The van der Waals surface area contributed by atoms with E-state index in [0.717, 1.165) is 44.9 Å². The van der Waals surface area contributed by atoms with E-state index < -0.39 is 18.1 Å². The molecule has 2 aliphatic rings. The van der Waals surface area contributed by atoms with Crippen molar-refractivity contribution in [3.05, 3.63) is 59.7 Å². The molecule has 0 bridgehead atoms. The molecule has 4 rings (SSSR count). The van der Waals surface area contributed by atoms with Gasteiger partial charge in [0.25, 0.3) is 0 Å². The molecular formula is C28H34N2O5. The summed E-state index contributed by atoms with van der Waals surface area (Å²) in [4.78, 5) is 35.4. The van der Waals surface area contributed by atoms with Crippen LogP contribution in [0.15, 0.2) is 48.5 Å². The SMILES string of the molecule is O=C(CCCCCCCNC(=O)OCC1c2ccccc2-c2ccccc21)NC(C(=O)O)C1CC1. The quantitative estimate of drug-likeness (QED) is 0.357. The highest BCUT2D eigenvalue weighted by Gasteiger charge is 2.37. The largest absolute Gasteiger partial charge is 0.480 e. The molecule has 7 nitrogen and oxygen atoms in total. The van der Waals surface area contributed by atoms with Gasteiger partial charge in [0.2, 0.25) is 5.91 Å². The van der Waals surface area contributed by atoms with E-state index in [2.05, 4.69) is 34.9 Å². The Kier molecular flexibility index (Phi) is 8.40. The van der Waals surface area contributed by atoms with Gasteiger partial charge in [-0.1, -0.05) is 67.8 Å². The molecule has 0 radical (unpaired) electrons. The molecule has 186 valence electrons. The first-order valence-corrected chi connectivity index (χ1v) is 12.7. The van der Waals surface area contributed by atoms with Crippen LogP contribution < -0.4 is 10.6 Å². The van der Waals surface area contributed by atoms with Crippen LogP contribution in [-0.4, -0.2) is 42.3 Å². The summed E-state index contributed by atoms with van der Waals surface area (Å²) in [6.07, 6.45) is 6.11. The van der Waals surface area contributed by atoms with Gasteiger partial charge in [0.05, 0.1) is 0 Å². The van der Waals surface area contributed by atoms with Gasteiger partial charge in [0.15, 0.2) is 0 Å². The van der Waals surface area contributed by atoms with Gasteiger partial charge in [-0.15, -0.1) is 0 Å². The molecule has 0 spiro atoms. The molecule has 0 heterocycles. The van der Waals surface area contributed by atoms with E-state index in [0.29, 0.717) is 19.6 Å². The second kappa shape index (κ2) is 11.9. The zero-order chi connectivity index (χ0) is 24.6. The van der Waals surface area contributed by atoms with Crippen molar-refractivity contribution in [1.29, 1.82) is 0 Å². The van der Waals surface area contributed by atoms with Crippen LogP contribution in [-0.2, 0) is 14.3 Å². The van der Waals surface area contributed by atoms with Crippen LogP contribution in [0.3, 0.4) is 0 Å². The Labute approximate surface area is 206 Å². The Morgan fingerprint density at radius 3 is 2.11 bits per heavy atom. The minimum absolute atomic E-state index is 0.0559. The fourth-order valence-electron chi connectivity index (χ4n) is 4.84. The van der Waals surface area contributed by atoms with E-state index in [1.807, 2.05) is 24.3 Å². The van der Waals surface area contributed by atoms with Gasteiger partial charge in [-0.05, 0) is 53.9 Å². The Balaban J connectivity index is 1.06. The number of rotatable bonds is 13. The highest BCUT2D eigenvalue weighted by atomic mass is 16.5. The number of hydrogen-bond donors (Lipinski definition) is 3. The molecule has 0 aromatic heterocycles. The molecule has 1 unspecified atom stereocenters. The average Bonchev–Trinajstić information content (AvgIpc) is 3.65. The predicted octanol–water partition coefficient (Wildman–Crippen LogP) is 4.85. The Bertz CT molecular complexity index is 1000. The zero-order valence-corrected chi connectivity index (χ0v) is 20.0. The predicted molar refractivity (Wildman–Crippen MR) is 133 cm³/mol. The number of carboxylic acid groups (broad SMARTS) is 1. The first kappa shape index (κ1) is 24.8. The Morgan fingerprint density at radius 2 is 1.49 bits per heavy atom. The molecule has 35 heavy (non-hydrogen) atoms. The fourth-order valence-corrected chi connectivity index (χ4v) is 4.84. The minimum Gasteiger partial charge on any atom is -0.480 e. The molecule has 0 aliphatic heterocycles. The lowest BCUT2D eigenvalue weighted by molar-refractivity contribution is -0.142. The fraction of sp³-hybridized carbons (Fsp3) is 0.464. The van der Waals surface area contributed by atoms with Gasteiger partial charge >= 0.3 is 12.1 Å². The molecule has 2 aromatic carbocycles. The van der Waals surface area contributed by atoms with E-state index in [4.69, 9.17) is 4.74 Å². The molecule has 7 heteroatoms. The molecule has 2 aromatic rings. The lowest BCUT2D eigenvalue weighted by Crippen LogP contribution is -2.42. The summed E-state index contributed by atoms with van der Waals surface area (Å²) in [6, 6.07) is 15.8. The number of carbonyl (C=O) groups excluding carboxylic acids is 2. The van der Waals surface area contributed by atoms with Crippen LogP contribution in [0.1, 0.15) is 68.4 Å². The van der Waals surface area contributed by atoms with Crippen LogP contribution in [0.5, 0.6) is 0 Å². The first-order valence-electron chi connectivity index (χ1n) is 12.7. The number of unbranched alkanes of at least 4 members (excludes halogenated alkanes) is 4. The molecule has 2 aliphatic carbocycles. The van der Waals surface area contributed by atoms with Gasteiger partial charge in [-0.25, -0.2) is 9.59 Å². The number of nitrogens with one attached hydrogen (secondary N) is 2. The van der Waals surface area contributed by atoms with Crippen LogP contribution in [0, 0.1) is 5.92 Å². The van der Waals surface area contributed by atoms with Crippen LogP contribution in [0.25, 0.3) is 11.1 Å². The van der Waals surface area contributed by atoms with Crippen molar-refractivity contribution in [3.63, 3.8) is 0 Å². The number of amides is 2. The number of ether oxygens (including phenoxy) is 1. The monoisotopic (exact) mass is 478 g/mol. The van der Waals surface area contributed by atoms with Crippen molar-refractivity contribution in [2.45, 2.75) is 63.3 Å². The topological polar surface area (TPSA) is 105 Å². The van der Waals surface area contributed by atoms with Crippen molar-refractivity contribution in [2.75, 3.05) is 13.2 Å². The summed E-state index contributed by atoms with van der Waals surface area (Å²) in [7, 11) is 0. The molecule has 1 saturated carbocycles. The molecular weight excluding hydrogens is 444 g/mol. The number of carboxylic acids is 1. The van der Waals surface area contributed by atoms with Crippen molar-refractivity contribution >= 4 is 18.0 Å². The number of alkyl carbamates (subject to hydrolysis) is 1. The first-order chi connectivity index (χ1) is 17.0. The van der Waals surface area contributed by atoms with Gasteiger partial charge in [0, 0.05) is 18.9 Å². The maximum atomic E-state index is 12.2. The number of benzene rings is 2. The lowest BCUT2D eigenvalue weighted by atomic mass is 9.98. The van der Waals surface area contributed by atoms with E-state index in [1.54, 1.807) is 0 Å². The average molecular weight is 479 g/mol. The second-order valence-corrected chi connectivity index (χ2v) is 9.49. The highest BCUT2D eigenvalue weighted by Crippen LogP contribution is 2.44. The molecule has 3 N–H and O–H groups in total. The third-order valence-electron chi connectivity index (χ3n) is 6.87. The minimum atomic E-state index is -0.940. The summed E-state index contributed by atoms with van der Waals surface area (Å²) >= 11 is 0. The Morgan fingerprint density at radius 1 is 0.886 bits per heavy atom. The van der Waals surface area contributed by atoms with Crippen molar-refractivity contribution in [2.24, 2.45) is 5.92 Å². The summed E-state index contributed by atoms with van der Waals surface area (Å²) in [5.74, 6) is -0.966. The summed E-state index contributed by atoms with van der Waals surface area (Å²) < 4.78 is 5.54. The maximum absolute atomic E-state index is 12.2. The van der Waals surface area contributed by atoms with Crippen molar-refractivity contribution in [1.82, 2.24) is 10.6 Å². The van der Waals surface area contributed by atoms with Crippen LogP contribution in [0.4, 0.5) is 4.79 Å². The van der Waals surface area contributed by atoms with Gasteiger partial charge in [0.1, 0.15) is 12.6 Å². The van der Waals surface area contributed by atoms with Crippen molar-refractivity contribution in [3.8, 4) is 11.1 Å².